The molecule has 2 heterocycles. The molecule has 0 aromatic carbocycles. The lowest BCUT2D eigenvalue weighted by atomic mass is 10.3. The van der Waals surface area contributed by atoms with E-state index in [4.69, 9.17) is 4.74 Å². The molecule has 2 rings (SSSR count). The van der Waals surface area contributed by atoms with E-state index in [0.29, 0.717) is 4.88 Å². The number of ether oxygens (including phenoxy) is 1. The van der Waals surface area contributed by atoms with Crippen molar-refractivity contribution in [3.05, 3.63) is 50.9 Å². The fourth-order valence-corrected chi connectivity index (χ4v) is 2.60. The summed E-state index contributed by atoms with van der Waals surface area (Å²) < 4.78 is 4.74. The number of nitrogens with one attached hydrogen (secondary N) is 1. The van der Waals surface area contributed by atoms with E-state index in [1.54, 1.807) is 23.6 Å². The zero-order valence-electron chi connectivity index (χ0n) is 10.8. The van der Waals surface area contributed by atoms with E-state index < -0.39 is 24.4 Å². The molecular formula is C14H11NO4S2. The van der Waals surface area contributed by atoms with Gasteiger partial charge < -0.3 is 4.74 Å². The zero-order chi connectivity index (χ0) is 15.1. The molecule has 0 aliphatic rings. The monoisotopic (exact) mass is 321 g/mol. The van der Waals surface area contributed by atoms with Gasteiger partial charge in [-0.1, -0.05) is 6.07 Å². The van der Waals surface area contributed by atoms with E-state index >= 15 is 0 Å². The van der Waals surface area contributed by atoms with Gasteiger partial charge in [0.1, 0.15) is 0 Å². The van der Waals surface area contributed by atoms with Crippen LogP contribution in [0.15, 0.2) is 40.4 Å². The molecule has 0 aliphatic heterocycles. The van der Waals surface area contributed by atoms with Crippen molar-refractivity contribution in [2.75, 3.05) is 6.61 Å². The minimum Gasteiger partial charge on any atom is -0.452 e. The summed E-state index contributed by atoms with van der Waals surface area (Å²) in [4.78, 5) is 34.8. The lowest BCUT2D eigenvalue weighted by molar-refractivity contribution is -0.143. The van der Waals surface area contributed by atoms with Crippen LogP contribution in [0.3, 0.4) is 0 Å². The summed E-state index contributed by atoms with van der Waals surface area (Å²) in [6, 6.07) is 5.16. The van der Waals surface area contributed by atoms with Gasteiger partial charge >= 0.3 is 5.97 Å². The Morgan fingerprint density at radius 3 is 2.76 bits per heavy atom. The molecule has 0 fully saturated rings. The summed E-state index contributed by atoms with van der Waals surface area (Å²) in [5.41, 5.74) is 0.884. The number of amides is 2. The molecule has 0 unspecified atom stereocenters. The first-order chi connectivity index (χ1) is 10.1. The van der Waals surface area contributed by atoms with Crippen molar-refractivity contribution in [3.63, 3.8) is 0 Å². The Morgan fingerprint density at radius 1 is 1.24 bits per heavy atom. The number of carbonyl (C=O) groups excluding carboxylic acids is 3. The Labute approximate surface area is 128 Å². The van der Waals surface area contributed by atoms with Gasteiger partial charge in [-0.3, -0.25) is 14.9 Å². The maximum atomic E-state index is 11.6. The molecule has 2 aromatic heterocycles. The van der Waals surface area contributed by atoms with Crippen LogP contribution in [0.2, 0.25) is 0 Å². The van der Waals surface area contributed by atoms with Crippen molar-refractivity contribution in [2.45, 2.75) is 0 Å². The van der Waals surface area contributed by atoms with Gasteiger partial charge in [-0.25, -0.2) is 4.79 Å². The Kier molecular flexibility index (Phi) is 5.42. The minimum absolute atomic E-state index is 0.423. The highest BCUT2D eigenvalue weighted by atomic mass is 32.1. The molecule has 7 heteroatoms. The van der Waals surface area contributed by atoms with Crippen molar-refractivity contribution < 1.29 is 19.1 Å². The summed E-state index contributed by atoms with van der Waals surface area (Å²) >= 11 is 2.73. The van der Waals surface area contributed by atoms with Crippen molar-refractivity contribution in [1.82, 2.24) is 5.32 Å². The Bertz CT molecular complexity index is 645. The second-order valence-corrected chi connectivity index (χ2v) is 5.58. The fourth-order valence-electron chi connectivity index (χ4n) is 1.35. The first-order valence-corrected chi connectivity index (χ1v) is 7.72. The molecule has 5 nitrogen and oxygen atoms in total. The Hall–Kier alpha value is -2.25. The van der Waals surface area contributed by atoms with Crippen LogP contribution in [0.4, 0.5) is 0 Å². The van der Waals surface area contributed by atoms with Gasteiger partial charge in [0.2, 0.25) is 0 Å². The molecule has 21 heavy (non-hydrogen) atoms. The quantitative estimate of drug-likeness (QED) is 0.677. The summed E-state index contributed by atoms with van der Waals surface area (Å²) in [6.45, 7) is -0.496. The van der Waals surface area contributed by atoms with E-state index in [2.05, 4.69) is 5.32 Å². The minimum atomic E-state index is -0.661. The van der Waals surface area contributed by atoms with Crippen molar-refractivity contribution >= 4 is 46.5 Å². The van der Waals surface area contributed by atoms with Gasteiger partial charge in [-0.05, 0) is 39.9 Å². The van der Waals surface area contributed by atoms with Crippen LogP contribution >= 0.6 is 22.7 Å². The van der Waals surface area contributed by atoms with E-state index in [0.717, 1.165) is 5.56 Å². The Balaban J connectivity index is 1.73. The third-order valence-corrected chi connectivity index (χ3v) is 3.87. The molecule has 108 valence electrons. The number of carbonyl (C=O) groups is 3. The summed E-state index contributed by atoms with van der Waals surface area (Å²) in [7, 11) is 0. The van der Waals surface area contributed by atoms with Crippen molar-refractivity contribution in [3.8, 4) is 0 Å². The molecule has 0 saturated heterocycles. The SMILES string of the molecule is O=C(COC(=O)/C=C/c1ccsc1)NC(=O)c1cccs1. The third-order valence-electron chi connectivity index (χ3n) is 2.30. The van der Waals surface area contributed by atoms with Crippen LogP contribution in [0.1, 0.15) is 15.2 Å². The van der Waals surface area contributed by atoms with Crippen LogP contribution in [0, 0.1) is 0 Å². The van der Waals surface area contributed by atoms with Gasteiger partial charge in [-0.15, -0.1) is 11.3 Å². The van der Waals surface area contributed by atoms with Crippen LogP contribution < -0.4 is 5.32 Å². The predicted octanol–water partition coefficient (Wildman–Crippen LogP) is 2.32. The normalized spacial score (nSPS) is 10.5. The van der Waals surface area contributed by atoms with Gasteiger partial charge in [0.15, 0.2) is 6.61 Å². The summed E-state index contributed by atoms with van der Waals surface area (Å²) in [5.74, 6) is -1.80. The first kappa shape index (κ1) is 15.1. The van der Waals surface area contributed by atoms with Crippen LogP contribution in [0.5, 0.6) is 0 Å². The van der Waals surface area contributed by atoms with Crippen LogP contribution in [-0.4, -0.2) is 24.4 Å². The lowest BCUT2D eigenvalue weighted by Crippen LogP contribution is -2.33. The molecule has 1 N–H and O–H groups in total. The zero-order valence-corrected chi connectivity index (χ0v) is 12.4. The van der Waals surface area contributed by atoms with Gasteiger partial charge in [0, 0.05) is 6.08 Å². The van der Waals surface area contributed by atoms with Crippen LogP contribution in [-0.2, 0) is 14.3 Å². The highest BCUT2D eigenvalue weighted by Gasteiger charge is 2.12. The molecule has 0 radical (unpaired) electrons. The first-order valence-electron chi connectivity index (χ1n) is 5.90. The van der Waals surface area contributed by atoms with Gasteiger partial charge in [0.25, 0.3) is 11.8 Å². The van der Waals surface area contributed by atoms with E-state index in [-0.39, 0.29) is 0 Å². The van der Waals surface area contributed by atoms with E-state index in [9.17, 15) is 14.4 Å². The second kappa shape index (κ2) is 7.51. The standard InChI is InChI=1S/C14H11NO4S2/c16-12(15-14(18)11-2-1-6-21-11)8-19-13(17)4-3-10-5-7-20-9-10/h1-7,9H,8H2,(H,15,16,18)/b4-3+. The smallest absolute Gasteiger partial charge is 0.331 e. The highest BCUT2D eigenvalue weighted by Crippen LogP contribution is 2.08. The van der Waals surface area contributed by atoms with Crippen molar-refractivity contribution in [1.29, 1.82) is 0 Å². The average molecular weight is 321 g/mol. The molecule has 0 bridgehead atoms. The number of rotatable bonds is 5. The third kappa shape index (κ3) is 4.97. The number of hydrogen-bond acceptors (Lipinski definition) is 6. The number of thiophene rings is 2. The topological polar surface area (TPSA) is 72.5 Å². The number of esters is 1. The summed E-state index contributed by atoms with van der Waals surface area (Å²) in [5, 5.41) is 7.63. The summed E-state index contributed by atoms with van der Waals surface area (Å²) in [6.07, 6.45) is 2.82. The number of hydrogen-bond donors (Lipinski definition) is 1. The fraction of sp³-hybridized carbons (Fsp3) is 0.0714. The molecule has 2 amide bonds. The van der Waals surface area contributed by atoms with Gasteiger partial charge in [0.05, 0.1) is 4.88 Å². The van der Waals surface area contributed by atoms with E-state index in [1.165, 1.54) is 28.7 Å². The maximum Gasteiger partial charge on any atom is 0.331 e. The molecule has 0 atom stereocenters. The second-order valence-electron chi connectivity index (χ2n) is 3.85. The predicted molar refractivity (Wildman–Crippen MR) is 81.1 cm³/mol. The maximum absolute atomic E-state index is 11.6. The molecule has 0 spiro atoms. The number of imide groups is 1. The average Bonchev–Trinajstić information content (AvgIpc) is 3.15. The van der Waals surface area contributed by atoms with Crippen LogP contribution in [0.25, 0.3) is 6.08 Å². The molecular weight excluding hydrogens is 310 g/mol. The molecule has 2 aromatic rings. The molecule has 0 aliphatic carbocycles. The van der Waals surface area contributed by atoms with E-state index in [1.807, 2.05) is 16.8 Å². The largest absolute Gasteiger partial charge is 0.452 e. The highest BCUT2D eigenvalue weighted by molar-refractivity contribution is 7.12. The van der Waals surface area contributed by atoms with Gasteiger partial charge in [-0.2, -0.15) is 11.3 Å². The molecule has 0 saturated carbocycles. The lowest BCUT2D eigenvalue weighted by Gasteiger charge is -2.02. The Morgan fingerprint density at radius 2 is 2.10 bits per heavy atom. The van der Waals surface area contributed by atoms with Crippen molar-refractivity contribution in [2.24, 2.45) is 0 Å².